The van der Waals surface area contributed by atoms with Crippen LogP contribution in [0.3, 0.4) is 0 Å². The van der Waals surface area contributed by atoms with Crippen molar-refractivity contribution in [1.82, 2.24) is 0 Å². The molecule has 0 saturated heterocycles. The van der Waals surface area contributed by atoms with Gasteiger partial charge in [0.05, 0.1) is 0 Å². The zero-order valence-electron chi connectivity index (χ0n) is 13.5. The maximum Gasteiger partial charge on any atom is 0.0488 e. The van der Waals surface area contributed by atoms with Gasteiger partial charge in [0, 0.05) is 11.7 Å². The average Bonchev–Trinajstić information content (AvgIpc) is 2.49. The monoisotopic (exact) mass is 281 g/mol. The van der Waals surface area contributed by atoms with Crippen LogP contribution >= 0.6 is 0 Å². The molecule has 0 amide bonds. The number of hydrogen-bond acceptors (Lipinski definition) is 1. The minimum atomic E-state index is 0.331. The lowest BCUT2D eigenvalue weighted by molar-refractivity contribution is 0.717. The lowest BCUT2D eigenvalue weighted by Crippen LogP contribution is -2.08. The van der Waals surface area contributed by atoms with Crippen molar-refractivity contribution in [1.29, 1.82) is 0 Å². The number of hydrogen-bond donors (Lipinski definition) is 1. The van der Waals surface area contributed by atoms with Gasteiger partial charge < -0.3 is 5.32 Å². The van der Waals surface area contributed by atoms with Crippen molar-refractivity contribution in [2.75, 3.05) is 5.32 Å². The van der Waals surface area contributed by atoms with Gasteiger partial charge in [-0.25, -0.2) is 0 Å². The van der Waals surface area contributed by atoms with Gasteiger partial charge in [0.15, 0.2) is 0 Å². The minimum absolute atomic E-state index is 0.331. The van der Waals surface area contributed by atoms with Crippen LogP contribution in [0.2, 0.25) is 0 Å². The quantitative estimate of drug-likeness (QED) is 0.623. The first-order chi connectivity index (χ1) is 10.2. The van der Waals surface area contributed by atoms with E-state index in [9.17, 15) is 0 Å². The molecule has 0 heterocycles. The molecule has 0 aliphatic carbocycles. The highest BCUT2D eigenvalue weighted by Crippen LogP contribution is 2.22. The summed E-state index contributed by atoms with van der Waals surface area (Å²) in [6.07, 6.45) is 5.10. The lowest BCUT2D eigenvalue weighted by atomic mass is 10.0. The van der Waals surface area contributed by atoms with Crippen molar-refractivity contribution in [2.24, 2.45) is 0 Å². The third kappa shape index (κ3) is 4.63. The van der Waals surface area contributed by atoms with Crippen LogP contribution in [0.1, 0.15) is 55.8 Å². The molecule has 112 valence electrons. The molecule has 0 aromatic heterocycles. The maximum absolute atomic E-state index is 3.59. The third-order valence-corrected chi connectivity index (χ3v) is 4.06. The Morgan fingerprint density at radius 2 is 1.67 bits per heavy atom. The van der Waals surface area contributed by atoms with Crippen molar-refractivity contribution in [2.45, 2.75) is 52.5 Å². The Morgan fingerprint density at radius 1 is 0.952 bits per heavy atom. The van der Waals surface area contributed by atoms with E-state index in [2.05, 4.69) is 74.6 Å². The Kier molecular flexibility index (Phi) is 5.86. The van der Waals surface area contributed by atoms with Gasteiger partial charge >= 0.3 is 0 Å². The second kappa shape index (κ2) is 7.87. The van der Waals surface area contributed by atoms with Crippen molar-refractivity contribution in [3.63, 3.8) is 0 Å². The fraction of sp³-hybridized carbons (Fsp3) is 0.400. The molecule has 0 aliphatic heterocycles. The first-order valence-electron chi connectivity index (χ1n) is 8.11. The molecule has 0 saturated carbocycles. The standard InChI is InChI=1S/C20H27N/c1-4-5-6-10-18-12-14-19(15-13-18)21-17(3)20-11-8-7-9-16(20)2/h7-9,11-15,17,21H,4-6,10H2,1-3H3. The molecular weight excluding hydrogens is 254 g/mol. The van der Waals surface area contributed by atoms with Crippen LogP contribution in [-0.4, -0.2) is 0 Å². The summed E-state index contributed by atoms with van der Waals surface area (Å²) in [4.78, 5) is 0. The highest BCUT2D eigenvalue weighted by atomic mass is 14.9. The second-order valence-corrected chi connectivity index (χ2v) is 5.88. The van der Waals surface area contributed by atoms with Gasteiger partial charge in [-0.15, -0.1) is 0 Å². The van der Waals surface area contributed by atoms with Gasteiger partial charge in [-0.2, -0.15) is 0 Å². The molecule has 21 heavy (non-hydrogen) atoms. The number of nitrogens with one attached hydrogen (secondary N) is 1. The van der Waals surface area contributed by atoms with Crippen LogP contribution in [0.4, 0.5) is 5.69 Å². The summed E-state index contributed by atoms with van der Waals surface area (Å²) in [5.74, 6) is 0. The molecule has 0 fully saturated rings. The molecule has 1 unspecified atom stereocenters. The van der Waals surface area contributed by atoms with Gasteiger partial charge in [-0.1, -0.05) is 56.2 Å². The smallest absolute Gasteiger partial charge is 0.0488 e. The first-order valence-corrected chi connectivity index (χ1v) is 8.11. The summed E-state index contributed by atoms with van der Waals surface area (Å²) in [6.45, 7) is 6.64. The molecule has 1 nitrogen and oxygen atoms in total. The van der Waals surface area contributed by atoms with E-state index in [-0.39, 0.29) is 0 Å². The van der Waals surface area contributed by atoms with E-state index in [1.807, 2.05) is 0 Å². The van der Waals surface area contributed by atoms with E-state index in [0.717, 1.165) is 0 Å². The van der Waals surface area contributed by atoms with E-state index < -0.39 is 0 Å². The highest BCUT2D eigenvalue weighted by molar-refractivity contribution is 5.47. The lowest BCUT2D eigenvalue weighted by Gasteiger charge is -2.18. The normalized spacial score (nSPS) is 12.1. The molecule has 2 aromatic rings. The summed E-state index contributed by atoms with van der Waals surface area (Å²) >= 11 is 0. The Hall–Kier alpha value is -1.76. The first kappa shape index (κ1) is 15.6. The molecule has 2 rings (SSSR count). The van der Waals surface area contributed by atoms with E-state index in [1.54, 1.807) is 0 Å². The molecule has 0 bridgehead atoms. The SMILES string of the molecule is CCCCCc1ccc(NC(C)c2ccccc2C)cc1. The topological polar surface area (TPSA) is 12.0 Å². The van der Waals surface area contributed by atoms with E-state index in [1.165, 1.54) is 48.1 Å². The fourth-order valence-electron chi connectivity index (χ4n) is 2.75. The molecule has 0 spiro atoms. The Morgan fingerprint density at radius 3 is 2.33 bits per heavy atom. The van der Waals surface area contributed by atoms with Gasteiger partial charge in [0.2, 0.25) is 0 Å². The number of aryl methyl sites for hydroxylation is 2. The molecule has 0 radical (unpaired) electrons. The van der Waals surface area contributed by atoms with Crippen molar-refractivity contribution >= 4 is 5.69 Å². The summed E-state index contributed by atoms with van der Waals surface area (Å²) < 4.78 is 0. The number of unbranched alkanes of at least 4 members (excludes halogenated alkanes) is 2. The van der Waals surface area contributed by atoms with Crippen LogP contribution in [0.5, 0.6) is 0 Å². The van der Waals surface area contributed by atoms with Crippen molar-refractivity contribution < 1.29 is 0 Å². The summed E-state index contributed by atoms with van der Waals surface area (Å²) in [5, 5.41) is 3.59. The minimum Gasteiger partial charge on any atom is -0.379 e. The van der Waals surface area contributed by atoms with Gasteiger partial charge in [0.25, 0.3) is 0 Å². The molecule has 0 aliphatic rings. The number of anilines is 1. The van der Waals surface area contributed by atoms with Gasteiger partial charge in [-0.05, 0) is 55.5 Å². The van der Waals surface area contributed by atoms with Crippen molar-refractivity contribution in [3.8, 4) is 0 Å². The second-order valence-electron chi connectivity index (χ2n) is 5.88. The summed E-state index contributed by atoms with van der Waals surface area (Å²) in [7, 11) is 0. The third-order valence-electron chi connectivity index (χ3n) is 4.06. The molecule has 1 heteroatoms. The highest BCUT2D eigenvalue weighted by Gasteiger charge is 2.07. The fourth-order valence-corrected chi connectivity index (χ4v) is 2.75. The van der Waals surface area contributed by atoms with Crippen LogP contribution in [0.15, 0.2) is 48.5 Å². The van der Waals surface area contributed by atoms with E-state index >= 15 is 0 Å². The summed E-state index contributed by atoms with van der Waals surface area (Å²) in [6, 6.07) is 17.8. The Labute approximate surface area is 129 Å². The summed E-state index contributed by atoms with van der Waals surface area (Å²) in [5.41, 5.74) is 5.35. The maximum atomic E-state index is 3.59. The Balaban J connectivity index is 1.95. The zero-order chi connectivity index (χ0) is 15.1. The zero-order valence-corrected chi connectivity index (χ0v) is 13.5. The molecular formula is C20H27N. The Bertz CT molecular complexity index is 542. The van der Waals surface area contributed by atoms with Crippen LogP contribution in [0.25, 0.3) is 0 Å². The molecule has 1 atom stereocenters. The molecule has 2 aromatic carbocycles. The largest absolute Gasteiger partial charge is 0.379 e. The van der Waals surface area contributed by atoms with Gasteiger partial charge in [0.1, 0.15) is 0 Å². The van der Waals surface area contributed by atoms with Crippen molar-refractivity contribution in [3.05, 3.63) is 65.2 Å². The van der Waals surface area contributed by atoms with Crippen LogP contribution in [0, 0.1) is 6.92 Å². The number of rotatable bonds is 7. The van der Waals surface area contributed by atoms with Crippen LogP contribution in [-0.2, 0) is 6.42 Å². The van der Waals surface area contributed by atoms with Gasteiger partial charge in [-0.3, -0.25) is 0 Å². The van der Waals surface area contributed by atoms with E-state index in [0.29, 0.717) is 6.04 Å². The molecule has 1 N–H and O–H groups in total. The number of benzene rings is 2. The predicted octanol–water partition coefficient (Wildman–Crippen LogP) is 5.90. The van der Waals surface area contributed by atoms with Crippen LogP contribution < -0.4 is 5.32 Å². The predicted molar refractivity (Wildman–Crippen MR) is 92.9 cm³/mol. The average molecular weight is 281 g/mol. The van der Waals surface area contributed by atoms with E-state index in [4.69, 9.17) is 0 Å².